The zero-order valence-corrected chi connectivity index (χ0v) is 17.3. The van der Waals surface area contributed by atoms with Gasteiger partial charge in [-0.1, -0.05) is 18.2 Å². The van der Waals surface area contributed by atoms with Crippen molar-refractivity contribution in [2.45, 2.75) is 10.1 Å². The van der Waals surface area contributed by atoms with E-state index in [-0.39, 0.29) is 0 Å². The van der Waals surface area contributed by atoms with Gasteiger partial charge in [0.1, 0.15) is 5.52 Å². The summed E-state index contributed by atoms with van der Waals surface area (Å²) >= 11 is 1.57. The van der Waals surface area contributed by atoms with Gasteiger partial charge in [0.2, 0.25) is 5.95 Å². The zero-order valence-electron chi connectivity index (χ0n) is 16.5. The molecule has 5 rings (SSSR count). The number of imidazole rings is 1. The van der Waals surface area contributed by atoms with Crippen molar-refractivity contribution in [2.24, 2.45) is 7.05 Å². The molecule has 0 atom stereocenters. The van der Waals surface area contributed by atoms with Crippen molar-refractivity contribution < 1.29 is 9.47 Å². The highest BCUT2D eigenvalue weighted by atomic mass is 32.2. The Morgan fingerprint density at radius 2 is 1.48 bits per heavy atom. The molecule has 0 N–H and O–H groups in total. The monoisotopic (exact) mass is 412 g/mol. The molecule has 2 aliphatic heterocycles. The van der Waals surface area contributed by atoms with Gasteiger partial charge in [-0.3, -0.25) is 0 Å². The molecule has 0 radical (unpaired) electrons. The van der Waals surface area contributed by atoms with Crippen LogP contribution in [-0.2, 0) is 16.5 Å². The first kappa shape index (κ1) is 18.7. The molecular weight excluding hydrogens is 388 g/mol. The highest BCUT2D eigenvalue weighted by Gasteiger charge is 2.25. The summed E-state index contributed by atoms with van der Waals surface area (Å²) < 4.78 is 13.2. The molecule has 0 unspecified atom stereocenters. The summed E-state index contributed by atoms with van der Waals surface area (Å²) in [6, 6.07) is 10.2. The third-order valence-corrected chi connectivity index (χ3v) is 6.10. The lowest BCUT2D eigenvalue weighted by molar-refractivity contribution is 0.121. The molecule has 0 aliphatic carbocycles. The van der Waals surface area contributed by atoms with E-state index < -0.39 is 0 Å². The Morgan fingerprint density at radius 3 is 2.17 bits per heavy atom. The van der Waals surface area contributed by atoms with Gasteiger partial charge in [0, 0.05) is 38.1 Å². The molecule has 0 spiro atoms. The minimum atomic E-state index is 0.709. The van der Waals surface area contributed by atoms with Crippen LogP contribution in [0.5, 0.6) is 0 Å². The average Bonchev–Trinajstić information content (AvgIpc) is 3.11. The molecule has 2 fully saturated rings. The minimum Gasteiger partial charge on any atom is -0.378 e. The van der Waals surface area contributed by atoms with Crippen LogP contribution in [0.4, 0.5) is 11.8 Å². The normalized spacial score (nSPS) is 17.8. The number of fused-ring (bicyclic) bond motifs is 1. The van der Waals surface area contributed by atoms with Crippen LogP contribution in [0.2, 0.25) is 0 Å². The van der Waals surface area contributed by atoms with Crippen LogP contribution in [0.3, 0.4) is 0 Å². The highest BCUT2D eigenvalue weighted by Crippen LogP contribution is 2.33. The largest absolute Gasteiger partial charge is 0.378 e. The van der Waals surface area contributed by atoms with Gasteiger partial charge in [-0.15, -0.1) is 0 Å². The number of morpholine rings is 2. The van der Waals surface area contributed by atoms with Crippen molar-refractivity contribution in [1.29, 1.82) is 0 Å². The van der Waals surface area contributed by atoms with Gasteiger partial charge < -0.3 is 23.8 Å². The molecule has 1 aromatic carbocycles. The first-order valence-electron chi connectivity index (χ1n) is 9.92. The van der Waals surface area contributed by atoms with Gasteiger partial charge in [-0.05, 0) is 23.9 Å². The topological polar surface area (TPSA) is 68.5 Å². The number of rotatable bonds is 4. The Kier molecular flexibility index (Phi) is 5.26. The van der Waals surface area contributed by atoms with E-state index in [1.54, 1.807) is 11.8 Å². The summed E-state index contributed by atoms with van der Waals surface area (Å²) in [4.78, 5) is 20.3. The Balaban J connectivity index is 1.60. The lowest BCUT2D eigenvalue weighted by atomic mass is 10.3. The van der Waals surface area contributed by atoms with Crippen molar-refractivity contribution in [1.82, 2.24) is 19.5 Å². The van der Waals surface area contributed by atoms with Gasteiger partial charge in [0.15, 0.2) is 16.6 Å². The lowest BCUT2D eigenvalue weighted by Crippen LogP contribution is -2.38. The first-order chi connectivity index (χ1) is 14.3. The Bertz CT molecular complexity index is 984. The lowest BCUT2D eigenvalue weighted by Gasteiger charge is -2.29. The average molecular weight is 413 g/mol. The number of ether oxygens (including phenoxy) is 2. The molecule has 2 saturated heterocycles. The number of anilines is 2. The maximum Gasteiger partial charge on any atom is 0.208 e. The van der Waals surface area contributed by atoms with Crippen LogP contribution < -0.4 is 9.80 Å². The molecule has 152 valence electrons. The molecular formula is C20H24N6O2S. The van der Waals surface area contributed by atoms with Crippen LogP contribution in [0, 0.1) is 0 Å². The van der Waals surface area contributed by atoms with E-state index in [2.05, 4.69) is 33.5 Å². The molecule has 0 amide bonds. The second kappa shape index (κ2) is 8.17. The third kappa shape index (κ3) is 3.77. The van der Waals surface area contributed by atoms with Crippen LogP contribution >= 0.6 is 11.8 Å². The second-order valence-electron chi connectivity index (χ2n) is 7.09. The molecule has 3 aromatic rings. The Morgan fingerprint density at radius 1 is 0.828 bits per heavy atom. The van der Waals surface area contributed by atoms with Crippen LogP contribution in [0.25, 0.3) is 11.2 Å². The molecule has 0 bridgehead atoms. The summed E-state index contributed by atoms with van der Waals surface area (Å²) in [7, 11) is 2.05. The Hall–Kier alpha value is -2.36. The predicted molar refractivity (Wildman–Crippen MR) is 113 cm³/mol. The van der Waals surface area contributed by atoms with Gasteiger partial charge in [-0.2, -0.15) is 4.98 Å². The summed E-state index contributed by atoms with van der Waals surface area (Å²) in [5, 5.41) is 0.719. The van der Waals surface area contributed by atoms with Crippen molar-refractivity contribution in [3.63, 3.8) is 0 Å². The smallest absolute Gasteiger partial charge is 0.208 e. The fourth-order valence-electron chi connectivity index (χ4n) is 3.74. The SMILES string of the molecule is Cn1c(N2CCOCC2)nc2nc(Sc3ccccc3)nc(N3CCOCC3)c21. The number of aryl methyl sites for hydroxylation is 1. The molecule has 4 heterocycles. The number of benzene rings is 1. The van der Waals surface area contributed by atoms with E-state index in [1.807, 2.05) is 18.2 Å². The minimum absolute atomic E-state index is 0.709. The summed E-state index contributed by atoms with van der Waals surface area (Å²) in [5.41, 5.74) is 1.72. The number of aromatic nitrogens is 4. The summed E-state index contributed by atoms with van der Waals surface area (Å²) in [6.45, 7) is 6.17. The van der Waals surface area contributed by atoms with Crippen molar-refractivity contribution in [3.05, 3.63) is 30.3 Å². The molecule has 8 nitrogen and oxygen atoms in total. The van der Waals surface area contributed by atoms with Gasteiger partial charge in [0.05, 0.1) is 26.4 Å². The maximum absolute atomic E-state index is 5.55. The standard InChI is InChI=1S/C20H24N6O2S/c1-24-16-17(22-20(24)26-9-13-28-14-10-26)21-19(29-15-5-3-2-4-6-15)23-18(16)25-7-11-27-12-8-25/h2-6H,7-14H2,1H3. The van der Waals surface area contributed by atoms with E-state index in [0.717, 1.165) is 72.4 Å². The number of hydrogen-bond donors (Lipinski definition) is 0. The molecule has 0 saturated carbocycles. The van der Waals surface area contributed by atoms with Crippen LogP contribution in [0.1, 0.15) is 0 Å². The van der Waals surface area contributed by atoms with Gasteiger partial charge in [-0.25, -0.2) is 9.97 Å². The van der Waals surface area contributed by atoms with Crippen LogP contribution in [0.15, 0.2) is 40.4 Å². The van der Waals surface area contributed by atoms with E-state index in [9.17, 15) is 0 Å². The highest BCUT2D eigenvalue weighted by molar-refractivity contribution is 7.99. The zero-order chi connectivity index (χ0) is 19.6. The van der Waals surface area contributed by atoms with Crippen molar-refractivity contribution >= 4 is 34.7 Å². The van der Waals surface area contributed by atoms with E-state index in [0.29, 0.717) is 13.2 Å². The van der Waals surface area contributed by atoms with Gasteiger partial charge in [0.25, 0.3) is 0 Å². The van der Waals surface area contributed by atoms with Crippen molar-refractivity contribution in [3.8, 4) is 0 Å². The fraction of sp³-hybridized carbons (Fsp3) is 0.450. The maximum atomic E-state index is 5.55. The Labute approximate surface area is 173 Å². The summed E-state index contributed by atoms with van der Waals surface area (Å²) in [6.07, 6.45) is 0. The molecule has 9 heteroatoms. The predicted octanol–water partition coefficient (Wildman–Crippen LogP) is 2.19. The number of hydrogen-bond acceptors (Lipinski definition) is 8. The van der Waals surface area contributed by atoms with E-state index in [4.69, 9.17) is 24.4 Å². The third-order valence-electron chi connectivity index (χ3n) is 5.22. The number of nitrogens with zero attached hydrogens (tertiary/aromatic N) is 6. The van der Waals surface area contributed by atoms with Crippen molar-refractivity contribution in [2.75, 3.05) is 62.4 Å². The quantitative estimate of drug-likeness (QED) is 0.604. The molecule has 2 aliphatic rings. The van der Waals surface area contributed by atoms with Gasteiger partial charge >= 0.3 is 0 Å². The summed E-state index contributed by atoms with van der Waals surface area (Å²) in [5.74, 6) is 1.86. The molecule has 2 aromatic heterocycles. The van der Waals surface area contributed by atoms with Crippen LogP contribution in [-0.4, -0.2) is 72.1 Å². The van der Waals surface area contributed by atoms with E-state index >= 15 is 0 Å². The van der Waals surface area contributed by atoms with E-state index in [1.165, 1.54) is 0 Å². The first-order valence-corrected chi connectivity index (χ1v) is 10.7. The fourth-order valence-corrected chi connectivity index (χ4v) is 4.51. The second-order valence-corrected chi connectivity index (χ2v) is 8.13. The molecule has 29 heavy (non-hydrogen) atoms.